The van der Waals surface area contributed by atoms with Crippen molar-refractivity contribution in [1.29, 1.82) is 0 Å². The number of nitrogens with one attached hydrogen (secondary N) is 2. The van der Waals surface area contributed by atoms with E-state index in [1.54, 1.807) is 20.8 Å². The van der Waals surface area contributed by atoms with Gasteiger partial charge in [0.05, 0.1) is 13.2 Å². The molecule has 0 aliphatic carbocycles. The molecule has 25 heavy (non-hydrogen) atoms. The Labute approximate surface area is 151 Å². The minimum atomic E-state index is -0.911. The number of carbonyl (C=O) groups is 2. The number of anilines is 1. The van der Waals surface area contributed by atoms with E-state index in [1.807, 2.05) is 18.2 Å². The third-order valence-electron chi connectivity index (χ3n) is 4.11. The van der Waals surface area contributed by atoms with Crippen molar-refractivity contribution < 1.29 is 14.3 Å². The molecule has 0 aliphatic rings. The van der Waals surface area contributed by atoms with Gasteiger partial charge in [0.15, 0.2) is 0 Å². The summed E-state index contributed by atoms with van der Waals surface area (Å²) in [7, 11) is 0. The maximum atomic E-state index is 12.5. The summed E-state index contributed by atoms with van der Waals surface area (Å²) in [6.45, 7) is 14.0. The number of carbonyl (C=O) groups excluding carboxylic acids is 2. The summed E-state index contributed by atoms with van der Waals surface area (Å²) in [6.07, 6.45) is 0. The molecular formula is C20H32N2O3. The first kappa shape index (κ1) is 21.2. The van der Waals surface area contributed by atoms with Crippen molar-refractivity contribution in [3.05, 3.63) is 29.3 Å². The van der Waals surface area contributed by atoms with Gasteiger partial charge in [-0.15, -0.1) is 0 Å². The Morgan fingerprint density at radius 3 is 2.04 bits per heavy atom. The standard InChI is InChI=1S/C20H32N2O3/c1-8-25-19(24)20(6,7)21-12-17(23)22-18-15(13(2)3)10-9-11-16(18)14(4)5/h9-11,13-14,21H,8,12H2,1-7H3,(H,22,23). The van der Waals surface area contributed by atoms with Gasteiger partial charge >= 0.3 is 5.97 Å². The predicted octanol–water partition coefficient (Wildman–Crippen LogP) is 3.80. The maximum Gasteiger partial charge on any atom is 0.325 e. The van der Waals surface area contributed by atoms with E-state index in [0.29, 0.717) is 18.4 Å². The van der Waals surface area contributed by atoms with Crippen LogP contribution in [0.4, 0.5) is 5.69 Å². The van der Waals surface area contributed by atoms with Crippen molar-refractivity contribution in [1.82, 2.24) is 5.32 Å². The maximum absolute atomic E-state index is 12.5. The third-order valence-corrected chi connectivity index (χ3v) is 4.11. The second-order valence-electron chi connectivity index (χ2n) is 7.37. The van der Waals surface area contributed by atoms with Crippen molar-refractivity contribution in [3.63, 3.8) is 0 Å². The fourth-order valence-corrected chi connectivity index (χ4v) is 2.56. The smallest absolute Gasteiger partial charge is 0.325 e. The first-order chi connectivity index (χ1) is 11.6. The second kappa shape index (κ2) is 8.99. The average molecular weight is 348 g/mol. The molecule has 0 heterocycles. The lowest BCUT2D eigenvalue weighted by Crippen LogP contribution is -2.50. The van der Waals surface area contributed by atoms with Crippen LogP contribution in [-0.2, 0) is 14.3 Å². The van der Waals surface area contributed by atoms with Crippen LogP contribution in [0.5, 0.6) is 0 Å². The molecule has 0 saturated carbocycles. The molecule has 0 saturated heterocycles. The molecule has 5 heteroatoms. The van der Waals surface area contributed by atoms with Crippen molar-refractivity contribution >= 4 is 17.6 Å². The Hall–Kier alpha value is -1.88. The molecule has 1 aromatic carbocycles. The van der Waals surface area contributed by atoms with Crippen LogP contribution in [0.1, 0.15) is 71.4 Å². The Bertz CT molecular complexity index is 581. The van der Waals surface area contributed by atoms with Crippen LogP contribution < -0.4 is 10.6 Å². The Kier molecular flexibility index (Phi) is 7.61. The zero-order valence-corrected chi connectivity index (χ0v) is 16.5. The van der Waals surface area contributed by atoms with E-state index in [0.717, 1.165) is 16.8 Å². The quantitative estimate of drug-likeness (QED) is 0.701. The highest BCUT2D eigenvalue weighted by molar-refractivity contribution is 5.94. The lowest BCUT2D eigenvalue weighted by molar-refractivity contribution is -0.149. The molecule has 0 unspecified atom stereocenters. The molecule has 0 spiro atoms. The van der Waals surface area contributed by atoms with Crippen LogP contribution in [-0.4, -0.2) is 30.6 Å². The summed E-state index contributed by atoms with van der Waals surface area (Å²) in [6, 6.07) is 6.12. The highest BCUT2D eigenvalue weighted by Gasteiger charge is 2.29. The highest BCUT2D eigenvalue weighted by Crippen LogP contribution is 2.32. The number of ether oxygens (including phenoxy) is 1. The van der Waals surface area contributed by atoms with E-state index in [1.165, 1.54) is 0 Å². The Balaban J connectivity index is 2.89. The normalized spacial score (nSPS) is 11.7. The van der Waals surface area contributed by atoms with E-state index in [-0.39, 0.29) is 18.4 Å². The fourth-order valence-electron chi connectivity index (χ4n) is 2.56. The van der Waals surface area contributed by atoms with E-state index in [9.17, 15) is 9.59 Å². The largest absolute Gasteiger partial charge is 0.465 e. The summed E-state index contributed by atoms with van der Waals surface area (Å²) in [5.74, 6) is 0.0662. The summed E-state index contributed by atoms with van der Waals surface area (Å²) in [5.41, 5.74) is 2.20. The Morgan fingerprint density at radius 1 is 1.08 bits per heavy atom. The number of para-hydroxylation sites is 1. The van der Waals surface area contributed by atoms with Gasteiger partial charge < -0.3 is 10.1 Å². The second-order valence-corrected chi connectivity index (χ2v) is 7.37. The molecule has 1 amide bonds. The van der Waals surface area contributed by atoms with E-state index in [4.69, 9.17) is 4.74 Å². The first-order valence-electron chi connectivity index (χ1n) is 8.95. The molecule has 0 aliphatic heterocycles. The van der Waals surface area contributed by atoms with Crippen LogP contribution >= 0.6 is 0 Å². The van der Waals surface area contributed by atoms with Gasteiger partial charge in [-0.05, 0) is 43.7 Å². The summed E-state index contributed by atoms with van der Waals surface area (Å²) >= 11 is 0. The molecule has 1 aromatic rings. The monoisotopic (exact) mass is 348 g/mol. The van der Waals surface area contributed by atoms with Crippen LogP contribution in [0.15, 0.2) is 18.2 Å². The molecule has 140 valence electrons. The Morgan fingerprint density at radius 2 is 1.60 bits per heavy atom. The molecule has 0 atom stereocenters. The number of hydrogen-bond acceptors (Lipinski definition) is 4. The minimum absolute atomic E-state index is 0.0375. The molecule has 0 bridgehead atoms. The average Bonchev–Trinajstić information content (AvgIpc) is 2.53. The van der Waals surface area contributed by atoms with Gasteiger partial charge in [-0.25, -0.2) is 0 Å². The summed E-state index contributed by atoms with van der Waals surface area (Å²) in [5, 5.41) is 6.01. The van der Waals surface area contributed by atoms with Gasteiger partial charge in [0, 0.05) is 5.69 Å². The van der Waals surface area contributed by atoms with Gasteiger partial charge in [0.2, 0.25) is 5.91 Å². The molecule has 0 fully saturated rings. The zero-order valence-electron chi connectivity index (χ0n) is 16.5. The predicted molar refractivity (Wildman–Crippen MR) is 102 cm³/mol. The van der Waals surface area contributed by atoms with Gasteiger partial charge in [0.25, 0.3) is 0 Å². The van der Waals surface area contributed by atoms with Gasteiger partial charge in [-0.1, -0.05) is 45.9 Å². The number of esters is 1. The SMILES string of the molecule is CCOC(=O)C(C)(C)NCC(=O)Nc1c(C(C)C)cccc1C(C)C. The fraction of sp³-hybridized carbons (Fsp3) is 0.600. The summed E-state index contributed by atoms with van der Waals surface area (Å²) < 4.78 is 5.03. The van der Waals surface area contributed by atoms with Crippen LogP contribution in [0.2, 0.25) is 0 Å². The number of hydrogen-bond donors (Lipinski definition) is 2. The van der Waals surface area contributed by atoms with Crippen LogP contribution in [0.25, 0.3) is 0 Å². The molecule has 1 rings (SSSR count). The molecule has 0 aromatic heterocycles. The van der Waals surface area contributed by atoms with E-state index < -0.39 is 5.54 Å². The number of rotatable bonds is 8. The van der Waals surface area contributed by atoms with Crippen molar-refractivity contribution in [2.24, 2.45) is 0 Å². The number of amides is 1. The zero-order chi connectivity index (χ0) is 19.2. The van der Waals surface area contributed by atoms with E-state index in [2.05, 4.69) is 38.3 Å². The van der Waals surface area contributed by atoms with Crippen molar-refractivity contribution in [3.8, 4) is 0 Å². The lowest BCUT2D eigenvalue weighted by Gasteiger charge is -2.24. The third kappa shape index (κ3) is 5.85. The molecule has 5 nitrogen and oxygen atoms in total. The lowest BCUT2D eigenvalue weighted by atomic mass is 9.92. The van der Waals surface area contributed by atoms with Crippen LogP contribution in [0, 0.1) is 0 Å². The topological polar surface area (TPSA) is 67.4 Å². The van der Waals surface area contributed by atoms with Crippen molar-refractivity contribution in [2.75, 3.05) is 18.5 Å². The highest BCUT2D eigenvalue weighted by atomic mass is 16.5. The summed E-state index contributed by atoms with van der Waals surface area (Å²) in [4.78, 5) is 24.4. The van der Waals surface area contributed by atoms with Crippen molar-refractivity contribution in [2.45, 2.75) is 65.8 Å². The van der Waals surface area contributed by atoms with Crippen LogP contribution in [0.3, 0.4) is 0 Å². The van der Waals surface area contributed by atoms with Gasteiger partial charge in [-0.2, -0.15) is 0 Å². The molecule has 0 radical (unpaired) electrons. The minimum Gasteiger partial charge on any atom is -0.465 e. The first-order valence-corrected chi connectivity index (χ1v) is 8.95. The molecule has 2 N–H and O–H groups in total. The van der Waals surface area contributed by atoms with E-state index >= 15 is 0 Å². The van der Waals surface area contributed by atoms with Gasteiger partial charge in [0.1, 0.15) is 5.54 Å². The molecular weight excluding hydrogens is 316 g/mol. The number of benzene rings is 1. The van der Waals surface area contributed by atoms with Gasteiger partial charge in [-0.3, -0.25) is 14.9 Å².